The van der Waals surface area contributed by atoms with Crippen LogP contribution >= 0.6 is 11.6 Å². The van der Waals surface area contributed by atoms with Gasteiger partial charge in [0.05, 0.1) is 11.4 Å². The first-order chi connectivity index (χ1) is 9.94. The Morgan fingerprint density at radius 1 is 1.38 bits per heavy atom. The summed E-state index contributed by atoms with van der Waals surface area (Å²) in [7, 11) is 1.88. The van der Waals surface area contributed by atoms with Crippen molar-refractivity contribution in [1.82, 2.24) is 4.90 Å². The number of nitrogens with zero attached hydrogens (tertiary/aromatic N) is 1. The lowest BCUT2D eigenvalue weighted by Crippen LogP contribution is -2.49. The Morgan fingerprint density at radius 3 is 2.67 bits per heavy atom. The number of halogens is 2. The molecular formula is C16H21ClFNO2. The third-order valence-electron chi connectivity index (χ3n) is 4.51. The maximum Gasteiger partial charge on any atom is 0.305 e. The van der Waals surface area contributed by atoms with E-state index >= 15 is 0 Å². The van der Waals surface area contributed by atoms with Crippen molar-refractivity contribution >= 4 is 17.6 Å². The van der Waals surface area contributed by atoms with Crippen LogP contribution in [0.1, 0.15) is 44.1 Å². The highest BCUT2D eigenvalue weighted by atomic mass is 35.5. The predicted molar refractivity (Wildman–Crippen MR) is 80.9 cm³/mol. The molecule has 0 aliphatic heterocycles. The smallest absolute Gasteiger partial charge is 0.305 e. The molecule has 0 aromatic heterocycles. The summed E-state index contributed by atoms with van der Waals surface area (Å²) < 4.78 is 14.0. The molecule has 116 valence electrons. The second-order valence-electron chi connectivity index (χ2n) is 5.92. The maximum absolute atomic E-state index is 14.0. The normalized spacial score (nSPS) is 17.9. The highest BCUT2D eigenvalue weighted by molar-refractivity contribution is 6.30. The van der Waals surface area contributed by atoms with Crippen LogP contribution in [0.4, 0.5) is 4.39 Å². The van der Waals surface area contributed by atoms with Gasteiger partial charge in [-0.15, -0.1) is 0 Å². The van der Waals surface area contributed by atoms with Gasteiger partial charge in [-0.25, -0.2) is 4.39 Å². The summed E-state index contributed by atoms with van der Waals surface area (Å²) in [6, 6.07) is 4.95. The fourth-order valence-electron chi connectivity index (χ4n) is 3.28. The van der Waals surface area contributed by atoms with Gasteiger partial charge in [-0.3, -0.25) is 9.69 Å². The third kappa shape index (κ3) is 3.74. The maximum atomic E-state index is 14.0. The van der Waals surface area contributed by atoms with Gasteiger partial charge in [0.1, 0.15) is 5.82 Å². The van der Waals surface area contributed by atoms with Gasteiger partial charge in [0.2, 0.25) is 0 Å². The van der Waals surface area contributed by atoms with Crippen molar-refractivity contribution in [2.45, 2.75) is 50.6 Å². The number of hydrogen-bond donors (Lipinski definition) is 1. The van der Waals surface area contributed by atoms with E-state index in [2.05, 4.69) is 0 Å². The molecule has 0 heterocycles. The van der Waals surface area contributed by atoms with Gasteiger partial charge < -0.3 is 5.11 Å². The Morgan fingerprint density at radius 2 is 2.05 bits per heavy atom. The van der Waals surface area contributed by atoms with Gasteiger partial charge in [0, 0.05) is 17.6 Å². The molecule has 0 radical (unpaired) electrons. The van der Waals surface area contributed by atoms with Crippen LogP contribution in [0.5, 0.6) is 0 Å². The molecule has 1 aromatic carbocycles. The Bertz CT molecular complexity index is 515. The largest absolute Gasteiger partial charge is 0.481 e. The topological polar surface area (TPSA) is 40.5 Å². The molecule has 1 aromatic rings. The first kappa shape index (κ1) is 16.2. The summed E-state index contributed by atoms with van der Waals surface area (Å²) >= 11 is 5.81. The van der Waals surface area contributed by atoms with Crippen LogP contribution in [0.2, 0.25) is 5.02 Å². The molecule has 1 aliphatic rings. The molecule has 1 fully saturated rings. The number of carboxylic acids is 1. The fraction of sp³-hybridized carbons (Fsp3) is 0.562. The van der Waals surface area contributed by atoms with E-state index in [-0.39, 0.29) is 17.0 Å². The van der Waals surface area contributed by atoms with Crippen LogP contribution in [-0.4, -0.2) is 28.6 Å². The van der Waals surface area contributed by atoms with Gasteiger partial charge in [0.15, 0.2) is 0 Å². The molecule has 1 saturated carbocycles. The van der Waals surface area contributed by atoms with E-state index < -0.39 is 11.8 Å². The Kier molecular flexibility index (Phi) is 5.22. The molecule has 0 bridgehead atoms. The first-order valence-electron chi connectivity index (χ1n) is 7.30. The molecule has 0 amide bonds. The molecular weight excluding hydrogens is 293 g/mol. The minimum atomic E-state index is -0.796. The first-order valence-corrected chi connectivity index (χ1v) is 7.68. The zero-order valence-electron chi connectivity index (χ0n) is 12.2. The van der Waals surface area contributed by atoms with Gasteiger partial charge in [0.25, 0.3) is 0 Å². The molecule has 0 spiro atoms. The molecule has 3 nitrogen and oxygen atoms in total. The highest BCUT2D eigenvalue weighted by Gasteiger charge is 2.38. The van der Waals surface area contributed by atoms with Gasteiger partial charge in [-0.1, -0.05) is 43.0 Å². The summed E-state index contributed by atoms with van der Waals surface area (Å²) in [6.07, 6.45) is 4.98. The second-order valence-corrected chi connectivity index (χ2v) is 6.33. The lowest BCUT2D eigenvalue weighted by Gasteiger charge is -2.44. The second kappa shape index (κ2) is 6.75. The van der Waals surface area contributed by atoms with Crippen molar-refractivity contribution in [1.29, 1.82) is 0 Å². The SMILES string of the molecule is CN(Cc1cccc(Cl)c1F)C1(CC(=O)O)CCCCC1. The van der Waals surface area contributed by atoms with Crippen LogP contribution in [-0.2, 0) is 11.3 Å². The summed E-state index contributed by atoms with van der Waals surface area (Å²) in [4.78, 5) is 13.2. The van der Waals surface area contributed by atoms with Crippen molar-refractivity contribution in [3.8, 4) is 0 Å². The van der Waals surface area contributed by atoms with E-state index in [4.69, 9.17) is 11.6 Å². The van der Waals surface area contributed by atoms with E-state index in [1.807, 2.05) is 11.9 Å². The lowest BCUT2D eigenvalue weighted by molar-refractivity contribution is -0.141. The fourth-order valence-corrected chi connectivity index (χ4v) is 3.47. The minimum absolute atomic E-state index is 0.103. The molecule has 0 saturated heterocycles. The quantitative estimate of drug-likeness (QED) is 0.890. The van der Waals surface area contributed by atoms with Crippen molar-refractivity contribution in [3.63, 3.8) is 0 Å². The third-order valence-corrected chi connectivity index (χ3v) is 4.81. The van der Waals surface area contributed by atoms with Gasteiger partial charge >= 0.3 is 5.97 Å². The molecule has 1 N–H and O–H groups in total. The number of rotatable bonds is 5. The van der Waals surface area contributed by atoms with Crippen LogP contribution in [0.25, 0.3) is 0 Å². The average molecular weight is 314 g/mol. The average Bonchev–Trinajstić information content (AvgIpc) is 2.44. The number of carbonyl (C=O) groups is 1. The lowest BCUT2D eigenvalue weighted by atomic mass is 9.78. The molecule has 0 atom stereocenters. The number of aliphatic carboxylic acids is 1. The number of carboxylic acid groups (broad SMARTS) is 1. The van der Waals surface area contributed by atoms with E-state index in [1.165, 1.54) is 6.07 Å². The monoisotopic (exact) mass is 313 g/mol. The van der Waals surface area contributed by atoms with Crippen LogP contribution in [0, 0.1) is 5.82 Å². The van der Waals surface area contributed by atoms with Crippen LogP contribution in [0.3, 0.4) is 0 Å². The van der Waals surface area contributed by atoms with Crippen molar-refractivity contribution < 1.29 is 14.3 Å². The number of hydrogen-bond acceptors (Lipinski definition) is 2. The van der Waals surface area contributed by atoms with Gasteiger partial charge in [-0.2, -0.15) is 0 Å². The minimum Gasteiger partial charge on any atom is -0.481 e. The Labute approximate surface area is 129 Å². The highest BCUT2D eigenvalue weighted by Crippen LogP contribution is 2.37. The molecule has 1 aliphatic carbocycles. The molecule has 2 rings (SSSR count). The van der Waals surface area contributed by atoms with Crippen LogP contribution in [0.15, 0.2) is 18.2 Å². The van der Waals surface area contributed by atoms with E-state index in [0.29, 0.717) is 12.1 Å². The van der Waals surface area contributed by atoms with Crippen molar-refractivity contribution in [2.24, 2.45) is 0 Å². The molecule has 0 unspecified atom stereocenters. The summed E-state index contributed by atoms with van der Waals surface area (Å²) in [5.41, 5.74) is 0.138. The summed E-state index contributed by atoms with van der Waals surface area (Å²) in [5.74, 6) is -1.21. The molecule has 5 heteroatoms. The summed E-state index contributed by atoms with van der Waals surface area (Å²) in [6.45, 7) is 0.375. The zero-order valence-corrected chi connectivity index (χ0v) is 13.0. The van der Waals surface area contributed by atoms with Gasteiger partial charge in [-0.05, 0) is 26.0 Å². The number of benzene rings is 1. The van der Waals surface area contributed by atoms with Crippen molar-refractivity contribution in [3.05, 3.63) is 34.6 Å². The van der Waals surface area contributed by atoms with E-state index in [1.54, 1.807) is 12.1 Å². The predicted octanol–water partition coefficient (Wildman–Crippen LogP) is 4.09. The summed E-state index contributed by atoms with van der Waals surface area (Å²) in [5, 5.41) is 9.33. The van der Waals surface area contributed by atoms with E-state index in [9.17, 15) is 14.3 Å². The van der Waals surface area contributed by atoms with Crippen LogP contribution < -0.4 is 0 Å². The molecule has 21 heavy (non-hydrogen) atoms. The standard InChI is InChI=1S/C16H21ClFNO2/c1-19(11-12-6-5-7-13(17)15(12)18)16(10-14(20)21)8-3-2-4-9-16/h5-7H,2-4,8-11H2,1H3,(H,20,21). The zero-order chi connectivity index (χ0) is 15.5. The van der Waals surface area contributed by atoms with E-state index in [0.717, 1.165) is 32.1 Å². The Hall–Kier alpha value is -1.13. The Balaban J connectivity index is 2.20. The van der Waals surface area contributed by atoms with Crippen molar-refractivity contribution in [2.75, 3.05) is 7.05 Å².